The van der Waals surface area contributed by atoms with Crippen molar-refractivity contribution in [2.45, 2.75) is 25.9 Å². The maximum Gasteiger partial charge on any atom is 0.169 e. The van der Waals surface area contributed by atoms with Gasteiger partial charge in [0.15, 0.2) is 5.11 Å². The minimum Gasteiger partial charge on any atom is -0.352 e. The van der Waals surface area contributed by atoms with Crippen LogP contribution in [0.25, 0.3) is 5.69 Å². The van der Waals surface area contributed by atoms with Gasteiger partial charge < -0.3 is 14.8 Å². The summed E-state index contributed by atoms with van der Waals surface area (Å²) in [5.74, 6) is 0. The monoisotopic (exact) mass is 396 g/mol. The molecule has 4 rings (SSSR count). The highest BCUT2D eigenvalue weighted by Crippen LogP contribution is 2.40. The summed E-state index contributed by atoms with van der Waals surface area (Å²) in [7, 11) is 2.03. The molecular weight excluding hydrogens is 376 g/mol. The summed E-state index contributed by atoms with van der Waals surface area (Å²) in [6.07, 6.45) is 1.82. The third-order valence-corrected chi connectivity index (χ3v) is 5.95. The van der Waals surface area contributed by atoms with Crippen LogP contribution in [0.5, 0.6) is 0 Å². The predicted molar refractivity (Wildman–Crippen MR) is 113 cm³/mol. The molecule has 0 saturated carbocycles. The fraction of sp³-hybridized carbons (Fsp3) is 0.238. The van der Waals surface area contributed by atoms with E-state index in [1.54, 1.807) is 0 Å². The molecule has 4 nitrogen and oxygen atoms in total. The van der Waals surface area contributed by atoms with Gasteiger partial charge in [0.05, 0.1) is 28.5 Å². The third kappa shape index (κ3) is 3.01. The van der Waals surface area contributed by atoms with E-state index in [-0.39, 0.29) is 12.1 Å². The lowest BCUT2D eigenvalue weighted by atomic mass is 9.97. The molecule has 1 fully saturated rings. The molecule has 2 unspecified atom stereocenters. The number of likely N-dealkylation sites (N-methyl/N-ethyl adjacent to an activating group) is 1. The predicted octanol–water partition coefficient (Wildman–Crippen LogP) is 4.74. The van der Waals surface area contributed by atoms with E-state index in [0.29, 0.717) is 0 Å². The van der Waals surface area contributed by atoms with Gasteiger partial charge in [-0.05, 0) is 62.0 Å². The molecule has 1 aromatic carbocycles. The van der Waals surface area contributed by atoms with Crippen LogP contribution in [-0.4, -0.2) is 26.6 Å². The SMILES string of the molecule is Cc1cc(C2C(c3ccccn3)NC(=S)N2C)c(C)n1-c1ccccc1Cl. The second-order valence-corrected chi connectivity index (χ2v) is 7.64. The normalized spacial score (nSPS) is 19.4. The summed E-state index contributed by atoms with van der Waals surface area (Å²) in [6, 6.07) is 16.2. The zero-order valence-electron chi connectivity index (χ0n) is 15.5. The van der Waals surface area contributed by atoms with Crippen molar-refractivity contribution < 1.29 is 0 Å². The average Bonchev–Trinajstić information content (AvgIpc) is 3.12. The number of aromatic nitrogens is 2. The summed E-state index contributed by atoms with van der Waals surface area (Å²) < 4.78 is 2.21. The van der Waals surface area contributed by atoms with Crippen molar-refractivity contribution in [1.29, 1.82) is 0 Å². The van der Waals surface area contributed by atoms with E-state index in [0.717, 1.165) is 32.9 Å². The van der Waals surface area contributed by atoms with Gasteiger partial charge >= 0.3 is 0 Å². The molecule has 1 saturated heterocycles. The smallest absolute Gasteiger partial charge is 0.169 e. The molecule has 0 aliphatic carbocycles. The van der Waals surface area contributed by atoms with Gasteiger partial charge in [0, 0.05) is 24.6 Å². The molecule has 0 radical (unpaired) electrons. The van der Waals surface area contributed by atoms with Gasteiger partial charge in [-0.2, -0.15) is 0 Å². The average molecular weight is 397 g/mol. The van der Waals surface area contributed by atoms with E-state index >= 15 is 0 Å². The number of rotatable bonds is 3. The lowest BCUT2D eigenvalue weighted by Gasteiger charge is -2.24. The highest BCUT2D eigenvalue weighted by molar-refractivity contribution is 7.80. The Balaban J connectivity index is 1.84. The Labute approximate surface area is 169 Å². The van der Waals surface area contributed by atoms with Crippen molar-refractivity contribution in [1.82, 2.24) is 19.8 Å². The number of pyridine rings is 1. The van der Waals surface area contributed by atoms with Crippen LogP contribution in [-0.2, 0) is 0 Å². The molecule has 3 heterocycles. The first-order valence-electron chi connectivity index (χ1n) is 8.87. The number of nitrogens with one attached hydrogen (secondary N) is 1. The highest BCUT2D eigenvalue weighted by atomic mass is 35.5. The molecule has 6 heteroatoms. The van der Waals surface area contributed by atoms with E-state index < -0.39 is 0 Å². The lowest BCUT2D eigenvalue weighted by Crippen LogP contribution is -2.25. The highest BCUT2D eigenvalue weighted by Gasteiger charge is 2.39. The second-order valence-electron chi connectivity index (χ2n) is 6.85. The van der Waals surface area contributed by atoms with Gasteiger partial charge in [0.2, 0.25) is 0 Å². The fourth-order valence-electron chi connectivity index (χ4n) is 3.94. The van der Waals surface area contributed by atoms with Crippen molar-refractivity contribution >= 4 is 28.9 Å². The maximum absolute atomic E-state index is 6.47. The van der Waals surface area contributed by atoms with E-state index in [2.05, 4.69) is 39.7 Å². The fourth-order valence-corrected chi connectivity index (χ4v) is 4.40. The zero-order valence-corrected chi connectivity index (χ0v) is 17.1. The van der Waals surface area contributed by atoms with Crippen LogP contribution in [0.3, 0.4) is 0 Å². The number of para-hydroxylation sites is 1. The molecule has 0 spiro atoms. The Morgan fingerprint density at radius 3 is 2.56 bits per heavy atom. The minimum atomic E-state index is 0.00361. The number of halogens is 1. The molecule has 1 aliphatic heterocycles. The van der Waals surface area contributed by atoms with Crippen molar-refractivity contribution in [2.24, 2.45) is 0 Å². The Kier molecular flexibility index (Phi) is 4.66. The Hall–Kier alpha value is -2.37. The van der Waals surface area contributed by atoms with Gasteiger partial charge in [0.1, 0.15) is 0 Å². The first-order valence-corrected chi connectivity index (χ1v) is 9.65. The first-order chi connectivity index (χ1) is 13.0. The molecule has 2 atom stereocenters. The molecule has 0 amide bonds. The van der Waals surface area contributed by atoms with Crippen LogP contribution in [0.1, 0.15) is 34.7 Å². The largest absolute Gasteiger partial charge is 0.352 e. The Morgan fingerprint density at radius 2 is 1.85 bits per heavy atom. The number of hydrogen-bond donors (Lipinski definition) is 1. The summed E-state index contributed by atoms with van der Waals surface area (Å²) in [4.78, 5) is 6.68. The van der Waals surface area contributed by atoms with E-state index in [4.69, 9.17) is 23.8 Å². The quantitative estimate of drug-likeness (QED) is 0.648. The first kappa shape index (κ1) is 18.0. The third-order valence-electron chi connectivity index (χ3n) is 5.22. The van der Waals surface area contributed by atoms with Crippen LogP contribution in [0.2, 0.25) is 5.02 Å². The van der Waals surface area contributed by atoms with Gasteiger partial charge in [-0.3, -0.25) is 4.98 Å². The molecule has 3 aromatic rings. The molecule has 1 N–H and O–H groups in total. The summed E-state index contributed by atoms with van der Waals surface area (Å²) >= 11 is 12.0. The Morgan fingerprint density at radius 1 is 1.11 bits per heavy atom. The zero-order chi connectivity index (χ0) is 19.1. The van der Waals surface area contributed by atoms with Gasteiger partial charge in [0.25, 0.3) is 0 Å². The number of hydrogen-bond acceptors (Lipinski definition) is 2. The standard InChI is InChI=1S/C21H21ClN4S/c1-13-12-15(14(2)26(13)18-10-5-4-8-16(18)22)20-19(24-21(27)25(20)3)17-9-6-7-11-23-17/h4-12,19-20H,1-3H3,(H,24,27). The molecule has 2 aromatic heterocycles. The van der Waals surface area contributed by atoms with Crippen molar-refractivity contribution in [3.63, 3.8) is 0 Å². The minimum absolute atomic E-state index is 0.00361. The summed E-state index contributed by atoms with van der Waals surface area (Å²) in [5.41, 5.74) is 5.49. The molecule has 138 valence electrons. The van der Waals surface area contributed by atoms with Gasteiger partial charge in [-0.25, -0.2) is 0 Å². The van der Waals surface area contributed by atoms with Crippen molar-refractivity contribution in [3.05, 3.63) is 82.4 Å². The second kappa shape index (κ2) is 6.98. The molecule has 27 heavy (non-hydrogen) atoms. The number of aryl methyl sites for hydroxylation is 1. The van der Waals surface area contributed by atoms with Gasteiger partial charge in [-0.15, -0.1) is 0 Å². The van der Waals surface area contributed by atoms with Crippen LogP contribution >= 0.6 is 23.8 Å². The van der Waals surface area contributed by atoms with Crippen molar-refractivity contribution in [3.8, 4) is 5.69 Å². The van der Waals surface area contributed by atoms with E-state index in [1.165, 1.54) is 5.56 Å². The summed E-state index contributed by atoms with van der Waals surface area (Å²) in [5, 5.41) is 4.91. The topological polar surface area (TPSA) is 33.1 Å². The number of benzene rings is 1. The van der Waals surface area contributed by atoms with Crippen LogP contribution < -0.4 is 5.32 Å². The number of nitrogens with zero attached hydrogens (tertiary/aromatic N) is 3. The molecule has 0 bridgehead atoms. The van der Waals surface area contributed by atoms with E-state index in [9.17, 15) is 0 Å². The Bertz CT molecular complexity index is 999. The molecular formula is C21H21ClN4S. The van der Waals surface area contributed by atoms with Crippen LogP contribution in [0.15, 0.2) is 54.7 Å². The lowest BCUT2D eigenvalue weighted by molar-refractivity contribution is 0.367. The van der Waals surface area contributed by atoms with Crippen LogP contribution in [0.4, 0.5) is 0 Å². The maximum atomic E-state index is 6.47. The van der Waals surface area contributed by atoms with Gasteiger partial charge in [-0.1, -0.05) is 29.8 Å². The van der Waals surface area contributed by atoms with Crippen LogP contribution in [0, 0.1) is 13.8 Å². The molecule has 1 aliphatic rings. The summed E-state index contributed by atoms with van der Waals surface area (Å²) in [6.45, 7) is 4.24. The van der Waals surface area contributed by atoms with E-state index in [1.807, 2.05) is 55.7 Å². The number of thiocarbonyl (C=S) groups is 1. The van der Waals surface area contributed by atoms with Crippen molar-refractivity contribution in [2.75, 3.05) is 7.05 Å².